The van der Waals surface area contributed by atoms with E-state index in [2.05, 4.69) is 20.8 Å². The van der Waals surface area contributed by atoms with Gasteiger partial charge in [-0.05, 0) is 31.7 Å². The number of rotatable bonds is 6. The fourth-order valence-electron chi connectivity index (χ4n) is 2.09. The third-order valence-electron chi connectivity index (χ3n) is 3.00. The summed E-state index contributed by atoms with van der Waals surface area (Å²) < 4.78 is 0. The number of anilines is 1. The lowest BCUT2D eigenvalue weighted by molar-refractivity contribution is -0.116. The molecule has 1 unspecified atom stereocenters. The van der Waals surface area contributed by atoms with Crippen LogP contribution in [0.5, 0.6) is 0 Å². The van der Waals surface area contributed by atoms with E-state index in [1.54, 1.807) is 6.20 Å². The highest BCUT2D eigenvalue weighted by Crippen LogP contribution is 2.20. The Bertz CT molecular complexity index is 551. The topological polar surface area (TPSA) is 69.8 Å². The standard InChI is InChI=1S/C15H20N4O/c1-3-16-11(2)9-15(20)18-13-6-4-5-12(10-13)14-7-8-17-19-14/h4-8,10-11,16H,3,9H2,1-2H3,(H,17,19)(H,18,20). The van der Waals surface area contributed by atoms with Crippen molar-refractivity contribution in [3.8, 4) is 11.3 Å². The van der Waals surface area contributed by atoms with E-state index in [9.17, 15) is 4.79 Å². The van der Waals surface area contributed by atoms with E-state index in [1.165, 1.54) is 0 Å². The molecular weight excluding hydrogens is 252 g/mol. The molecule has 5 nitrogen and oxygen atoms in total. The zero-order chi connectivity index (χ0) is 14.4. The van der Waals surface area contributed by atoms with Crippen molar-refractivity contribution in [3.05, 3.63) is 36.5 Å². The van der Waals surface area contributed by atoms with Crippen molar-refractivity contribution in [2.45, 2.75) is 26.3 Å². The monoisotopic (exact) mass is 272 g/mol. The maximum absolute atomic E-state index is 11.9. The van der Waals surface area contributed by atoms with Crippen LogP contribution in [0.4, 0.5) is 5.69 Å². The van der Waals surface area contributed by atoms with Crippen LogP contribution in [0, 0.1) is 0 Å². The molecule has 106 valence electrons. The lowest BCUT2D eigenvalue weighted by atomic mass is 10.1. The molecule has 0 aliphatic heterocycles. The quantitative estimate of drug-likeness (QED) is 0.756. The summed E-state index contributed by atoms with van der Waals surface area (Å²) in [4.78, 5) is 11.9. The second-order valence-electron chi connectivity index (χ2n) is 4.76. The summed E-state index contributed by atoms with van der Waals surface area (Å²) in [7, 11) is 0. The minimum atomic E-state index is 0.0141. The molecule has 0 saturated carbocycles. The number of nitrogens with one attached hydrogen (secondary N) is 3. The van der Waals surface area contributed by atoms with E-state index in [1.807, 2.05) is 44.2 Å². The first-order valence-electron chi connectivity index (χ1n) is 6.82. The number of H-pyrrole nitrogens is 1. The van der Waals surface area contributed by atoms with Crippen molar-refractivity contribution in [2.75, 3.05) is 11.9 Å². The van der Waals surface area contributed by atoms with Crippen LogP contribution < -0.4 is 10.6 Å². The maximum atomic E-state index is 11.9. The van der Waals surface area contributed by atoms with Crippen LogP contribution in [0.15, 0.2) is 36.5 Å². The Kier molecular flexibility index (Phi) is 4.90. The van der Waals surface area contributed by atoms with Crippen molar-refractivity contribution >= 4 is 11.6 Å². The Hall–Kier alpha value is -2.14. The number of nitrogens with zero attached hydrogens (tertiary/aromatic N) is 1. The first-order valence-corrected chi connectivity index (χ1v) is 6.82. The van der Waals surface area contributed by atoms with Crippen LogP contribution in [0.25, 0.3) is 11.3 Å². The molecule has 20 heavy (non-hydrogen) atoms. The van der Waals surface area contributed by atoms with Gasteiger partial charge < -0.3 is 10.6 Å². The molecule has 1 aromatic heterocycles. The van der Waals surface area contributed by atoms with Gasteiger partial charge in [-0.1, -0.05) is 19.1 Å². The van der Waals surface area contributed by atoms with Gasteiger partial charge in [-0.3, -0.25) is 9.89 Å². The van der Waals surface area contributed by atoms with E-state index in [-0.39, 0.29) is 11.9 Å². The van der Waals surface area contributed by atoms with E-state index >= 15 is 0 Å². The number of amides is 1. The third-order valence-corrected chi connectivity index (χ3v) is 3.00. The van der Waals surface area contributed by atoms with Crippen LogP contribution in [0.1, 0.15) is 20.3 Å². The Labute approximate surface area is 118 Å². The fourth-order valence-corrected chi connectivity index (χ4v) is 2.09. The molecule has 0 bridgehead atoms. The van der Waals surface area contributed by atoms with Gasteiger partial charge in [0.05, 0.1) is 5.69 Å². The summed E-state index contributed by atoms with van der Waals surface area (Å²) in [5.41, 5.74) is 2.73. The summed E-state index contributed by atoms with van der Waals surface area (Å²) in [5, 5.41) is 13.0. The highest BCUT2D eigenvalue weighted by Gasteiger charge is 2.08. The van der Waals surface area contributed by atoms with Crippen molar-refractivity contribution in [3.63, 3.8) is 0 Å². The molecule has 1 amide bonds. The van der Waals surface area contributed by atoms with Crippen molar-refractivity contribution < 1.29 is 4.79 Å². The lowest BCUT2D eigenvalue weighted by Gasteiger charge is -2.12. The minimum absolute atomic E-state index is 0.0141. The second kappa shape index (κ2) is 6.86. The summed E-state index contributed by atoms with van der Waals surface area (Å²) in [5.74, 6) is 0.0141. The molecular formula is C15H20N4O. The minimum Gasteiger partial charge on any atom is -0.326 e. The van der Waals surface area contributed by atoms with Crippen LogP contribution in [0.2, 0.25) is 0 Å². The first kappa shape index (κ1) is 14.3. The summed E-state index contributed by atoms with van der Waals surface area (Å²) in [6, 6.07) is 9.78. The van der Waals surface area contributed by atoms with Gasteiger partial charge in [0, 0.05) is 29.9 Å². The zero-order valence-electron chi connectivity index (χ0n) is 11.8. The van der Waals surface area contributed by atoms with E-state index in [4.69, 9.17) is 0 Å². The van der Waals surface area contributed by atoms with Crippen LogP contribution >= 0.6 is 0 Å². The average Bonchev–Trinajstić information content (AvgIpc) is 2.92. The van der Waals surface area contributed by atoms with Gasteiger partial charge in [-0.15, -0.1) is 0 Å². The van der Waals surface area contributed by atoms with Gasteiger partial charge in [-0.25, -0.2) is 0 Å². The van der Waals surface area contributed by atoms with Crippen molar-refractivity contribution in [2.24, 2.45) is 0 Å². The van der Waals surface area contributed by atoms with Crippen molar-refractivity contribution in [1.29, 1.82) is 0 Å². The molecule has 0 saturated heterocycles. The average molecular weight is 272 g/mol. The van der Waals surface area contributed by atoms with Gasteiger partial charge in [-0.2, -0.15) is 5.10 Å². The molecule has 3 N–H and O–H groups in total. The molecule has 0 aliphatic carbocycles. The number of carbonyl (C=O) groups excluding carboxylic acids is 1. The number of hydrogen-bond donors (Lipinski definition) is 3. The van der Waals surface area contributed by atoms with Crippen LogP contribution in [-0.4, -0.2) is 28.7 Å². The van der Waals surface area contributed by atoms with Crippen LogP contribution in [-0.2, 0) is 4.79 Å². The van der Waals surface area contributed by atoms with Crippen molar-refractivity contribution in [1.82, 2.24) is 15.5 Å². The number of hydrogen-bond acceptors (Lipinski definition) is 3. The molecule has 0 aliphatic rings. The Morgan fingerprint density at radius 3 is 2.95 bits per heavy atom. The van der Waals surface area contributed by atoms with E-state index in [0.29, 0.717) is 6.42 Å². The zero-order valence-corrected chi connectivity index (χ0v) is 11.8. The normalized spacial score (nSPS) is 12.1. The van der Waals surface area contributed by atoms with E-state index < -0.39 is 0 Å². The number of aromatic nitrogens is 2. The number of aromatic amines is 1. The summed E-state index contributed by atoms with van der Waals surface area (Å²) in [6.45, 7) is 4.90. The van der Waals surface area contributed by atoms with Gasteiger partial charge in [0.15, 0.2) is 0 Å². The molecule has 0 spiro atoms. The number of carbonyl (C=O) groups is 1. The molecule has 0 fully saturated rings. The molecule has 2 aromatic rings. The molecule has 1 atom stereocenters. The second-order valence-corrected chi connectivity index (χ2v) is 4.76. The Morgan fingerprint density at radius 1 is 1.40 bits per heavy atom. The van der Waals surface area contributed by atoms with Gasteiger partial charge in [0.1, 0.15) is 0 Å². The van der Waals surface area contributed by atoms with Gasteiger partial charge >= 0.3 is 0 Å². The van der Waals surface area contributed by atoms with Gasteiger partial charge in [0.25, 0.3) is 0 Å². The predicted octanol–water partition coefficient (Wildman–Crippen LogP) is 2.40. The fraction of sp³-hybridized carbons (Fsp3) is 0.333. The third kappa shape index (κ3) is 3.93. The highest BCUT2D eigenvalue weighted by atomic mass is 16.1. The molecule has 1 aromatic carbocycles. The highest BCUT2D eigenvalue weighted by molar-refractivity contribution is 5.91. The summed E-state index contributed by atoms with van der Waals surface area (Å²) >= 11 is 0. The summed E-state index contributed by atoms with van der Waals surface area (Å²) in [6.07, 6.45) is 2.17. The number of benzene rings is 1. The SMILES string of the molecule is CCNC(C)CC(=O)Nc1cccc(-c2ccn[nH]2)c1. The molecule has 2 rings (SSSR count). The predicted molar refractivity (Wildman–Crippen MR) is 80.4 cm³/mol. The molecule has 1 heterocycles. The maximum Gasteiger partial charge on any atom is 0.225 e. The molecule has 0 radical (unpaired) electrons. The lowest BCUT2D eigenvalue weighted by Crippen LogP contribution is -2.30. The smallest absolute Gasteiger partial charge is 0.225 e. The Morgan fingerprint density at radius 2 is 2.25 bits per heavy atom. The Balaban J connectivity index is 1.99. The van der Waals surface area contributed by atoms with Gasteiger partial charge in [0.2, 0.25) is 5.91 Å². The van der Waals surface area contributed by atoms with E-state index in [0.717, 1.165) is 23.5 Å². The van der Waals surface area contributed by atoms with Crippen LogP contribution in [0.3, 0.4) is 0 Å². The largest absolute Gasteiger partial charge is 0.326 e. The molecule has 5 heteroatoms. The first-order chi connectivity index (χ1) is 9.69.